The van der Waals surface area contributed by atoms with E-state index < -0.39 is 10.8 Å². The van der Waals surface area contributed by atoms with Crippen molar-refractivity contribution in [3.05, 3.63) is 71.5 Å². The van der Waals surface area contributed by atoms with Crippen molar-refractivity contribution >= 4 is 27.8 Å². The molecule has 0 bridgehead atoms. The van der Waals surface area contributed by atoms with Crippen molar-refractivity contribution < 1.29 is 18.7 Å². The molecule has 0 aliphatic heterocycles. The Balaban J connectivity index is 2.12. The minimum Gasteiger partial charge on any atom is -0.465 e. The van der Waals surface area contributed by atoms with Crippen LogP contribution in [0.25, 0.3) is 0 Å². The summed E-state index contributed by atoms with van der Waals surface area (Å²) in [6, 6.07) is 15.7. The zero-order valence-electron chi connectivity index (χ0n) is 14.5. The Hall–Kier alpha value is -2.21. The van der Waals surface area contributed by atoms with Crippen LogP contribution < -0.4 is 0 Å². The third-order valence-corrected chi connectivity index (χ3v) is 4.49. The molecule has 0 heterocycles. The first-order valence-electron chi connectivity index (χ1n) is 8.37. The molecule has 0 N–H and O–H groups in total. The van der Waals surface area contributed by atoms with Crippen LogP contribution in [-0.2, 0) is 27.3 Å². The van der Waals surface area contributed by atoms with Gasteiger partial charge < -0.3 is 9.64 Å². The third kappa shape index (κ3) is 5.95. The average Bonchev–Trinajstić information content (AvgIpc) is 2.63. The molecule has 0 radical (unpaired) electrons. The molecule has 1 unspecified atom stereocenters. The van der Waals surface area contributed by atoms with E-state index in [0.29, 0.717) is 5.56 Å². The fourth-order valence-corrected chi connectivity index (χ4v) is 3.16. The zero-order chi connectivity index (χ0) is 18.9. The van der Waals surface area contributed by atoms with Gasteiger partial charge in [0.05, 0.1) is 11.4 Å². The summed E-state index contributed by atoms with van der Waals surface area (Å²) in [5, 5.41) is 0. The number of amides is 1. The quantitative estimate of drug-likeness (QED) is 0.481. The van der Waals surface area contributed by atoms with Crippen molar-refractivity contribution in [3.63, 3.8) is 0 Å². The number of carbonyl (C=O) groups is 2. The average molecular weight is 422 g/mol. The number of rotatable bonds is 8. The summed E-state index contributed by atoms with van der Waals surface area (Å²) in [5.41, 5.74) is 1.34. The van der Waals surface area contributed by atoms with Crippen LogP contribution in [0, 0.1) is 5.82 Å². The molecule has 138 valence electrons. The van der Waals surface area contributed by atoms with Gasteiger partial charge in [0.2, 0.25) is 5.91 Å². The van der Waals surface area contributed by atoms with Crippen LogP contribution in [0.3, 0.4) is 0 Å². The Labute approximate surface area is 161 Å². The maximum Gasteiger partial charge on any atom is 0.325 e. The van der Waals surface area contributed by atoms with Crippen molar-refractivity contribution in [2.24, 2.45) is 0 Å². The number of carbonyl (C=O) groups excluding carboxylic acids is 2. The standard InChI is InChI=1S/C20H21BrFNO3/c1-2-26-19(24)14-23(13-15-8-4-3-5-9-15)20(25)17(21)12-16-10-6-7-11-18(16)22/h3-11,17H,2,12-14H2,1H3. The van der Waals surface area contributed by atoms with Crippen LogP contribution in [0.15, 0.2) is 54.6 Å². The highest BCUT2D eigenvalue weighted by atomic mass is 79.9. The van der Waals surface area contributed by atoms with Crippen molar-refractivity contribution in [2.45, 2.75) is 24.7 Å². The molecule has 4 nitrogen and oxygen atoms in total. The Morgan fingerprint density at radius 2 is 1.77 bits per heavy atom. The second-order valence-electron chi connectivity index (χ2n) is 5.75. The lowest BCUT2D eigenvalue weighted by Crippen LogP contribution is -2.41. The lowest BCUT2D eigenvalue weighted by Gasteiger charge is -2.24. The lowest BCUT2D eigenvalue weighted by atomic mass is 10.1. The van der Waals surface area contributed by atoms with Gasteiger partial charge in [0.15, 0.2) is 0 Å². The predicted molar refractivity (Wildman–Crippen MR) is 101 cm³/mol. The van der Waals surface area contributed by atoms with Gasteiger partial charge in [0.1, 0.15) is 12.4 Å². The molecule has 6 heteroatoms. The maximum atomic E-state index is 13.9. The van der Waals surface area contributed by atoms with Crippen molar-refractivity contribution in [2.75, 3.05) is 13.2 Å². The highest BCUT2D eigenvalue weighted by Gasteiger charge is 2.25. The number of benzene rings is 2. The molecular weight excluding hydrogens is 401 g/mol. The number of alkyl halides is 1. The van der Waals surface area contributed by atoms with Crippen LogP contribution in [0.1, 0.15) is 18.1 Å². The van der Waals surface area contributed by atoms with E-state index in [4.69, 9.17) is 4.74 Å². The lowest BCUT2D eigenvalue weighted by molar-refractivity contribution is -0.149. The van der Waals surface area contributed by atoms with Gasteiger partial charge in [-0.3, -0.25) is 9.59 Å². The van der Waals surface area contributed by atoms with Crippen LogP contribution in [0.4, 0.5) is 4.39 Å². The molecule has 2 aromatic carbocycles. The minimum absolute atomic E-state index is 0.152. The molecule has 2 aromatic rings. The normalized spacial score (nSPS) is 11.7. The van der Waals surface area contributed by atoms with E-state index in [1.807, 2.05) is 30.3 Å². The van der Waals surface area contributed by atoms with Crippen LogP contribution >= 0.6 is 15.9 Å². The zero-order valence-corrected chi connectivity index (χ0v) is 16.1. The first kappa shape index (κ1) is 20.1. The minimum atomic E-state index is -0.641. The number of ether oxygens (including phenoxy) is 1. The smallest absolute Gasteiger partial charge is 0.325 e. The van der Waals surface area contributed by atoms with E-state index in [0.717, 1.165) is 5.56 Å². The molecule has 0 aliphatic carbocycles. The van der Waals surface area contributed by atoms with E-state index in [1.165, 1.54) is 11.0 Å². The molecule has 26 heavy (non-hydrogen) atoms. The first-order chi connectivity index (χ1) is 12.5. The van der Waals surface area contributed by atoms with Gasteiger partial charge in [-0.25, -0.2) is 4.39 Å². The fraction of sp³-hybridized carbons (Fsp3) is 0.300. The van der Waals surface area contributed by atoms with Gasteiger partial charge >= 0.3 is 5.97 Å². The van der Waals surface area contributed by atoms with E-state index in [2.05, 4.69) is 15.9 Å². The first-order valence-corrected chi connectivity index (χ1v) is 9.28. The Morgan fingerprint density at radius 1 is 1.12 bits per heavy atom. The van der Waals surface area contributed by atoms with Gasteiger partial charge in [-0.15, -0.1) is 0 Å². The topological polar surface area (TPSA) is 46.6 Å². The summed E-state index contributed by atoms with van der Waals surface area (Å²) in [4.78, 5) is 25.5. The van der Waals surface area contributed by atoms with Gasteiger partial charge in [-0.2, -0.15) is 0 Å². The van der Waals surface area contributed by atoms with Crippen molar-refractivity contribution in [1.29, 1.82) is 0 Å². The third-order valence-electron chi connectivity index (χ3n) is 3.78. The number of hydrogen-bond donors (Lipinski definition) is 0. The van der Waals surface area contributed by atoms with Crippen molar-refractivity contribution in [3.8, 4) is 0 Å². The van der Waals surface area contributed by atoms with Gasteiger partial charge in [0.25, 0.3) is 0 Å². The molecule has 0 fully saturated rings. The van der Waals surface area contributed by atoms with Gasteiger partial charge in [-0.05, 0) is 30.5 Å². The Kier molecular flexibility index (Phi) is 7.78. The molecule has 0 saturated heterocycles. The molecule has 0 aliphatic rings. The van der Waals surface area contributed by atoms with Crippen LogP contribution in [-0.4, -0.2) is 34.8 Å². The summed E-state index contributed by atoms with van der Waals surface area (Å²) >= 11 is 3.35. The highest BCUT2D eigenvalue weighted by molar-refractivity contribution is 9.10. The summed E-state index contributed by atoms with van der Waals surface area (Å²) in [5.74, 6) is -1.11. The SMILES string of the molecule is CCOC(=O)CN(Cc1ccccc1)C(=O)C(Br)Cc1ccccc1F. The number of halogens is 2. The Morgan fingerprint density at radius 3 is 2.42 bits per heavy atom. The number of nitrogens with zero attached hydrogens (tertiary/aromatic N) is 1. The second kappa shape index (κ2) is 10.1. The molecule has 1 amide bonds. The summed E-state index contributed by atoms with van der Waals surface area (Å²) in [6.45, 7) is 2.09. The van der Waals surface area contributed by atoms with Gasteiger partial charge in [-0.1, -0.05) is 64.5 Å². The molecule has 0 spiro atoms. The molecule has 1 atom stereocenters. The van der Waals surface area contributed by atoms with E-state index >= 15 is 0 Å². The van der Waals surface area contributed by atoms with E-state index in [9.17, 15) is 14.0 Å². The summed E-state index contributed by atoms with van der Waals surface area (Å²) in [6.07, 6.45) is 0.194. The van der Waals surface area contributed by atoms with Crippen molar-refractivity contribution in [1.82, 2.24) is 4.90 Å². The summed E-state index contributed by atoms with van der Waals surface area (Å²) in [7, 11) is 0. The number of esters is 1. The van der Waals surface area contributed by atoms with Crippen LogP contribution in [0.5, 0.6) is 0 Å². The highest BCUT2D eigenvalue weighted by Crippen LogP contribution is 2.17. The molecule has 0 saturated carbocycles. The Bertz CT molecular complexity index is 739. The fourth-order valence-electron chi connectivity index (χ4n) is 2.52. The molecular formula is C20H21BrFNO3. The molecule has 0 aromatic heterocycles. The maximum absolute atomic E-state index is 13.9. The monoisotopic (exact) mass is 421 g/mol. The van der Waals surface area contributed by atoms with Gasteiger partial charge in [0, 0.05) is 6.54 Å². The largest absolute Gasteiger partial charge is 0.465 e. The second-order valence-corrected chi connectivity index (χ2v) is 6.85. The number of hydrogen-bond acceptors (Lipinski definition) is 3. The van der Waals surface area contributed by atoms with Crippen LogP contribution in [0.2, 0.25) is 0 Å². The summed E-state index contributed by atoms with van der Waals surface area (Å²) < 4.78 is 18.8. The predicted octanol–water partition coefficient (Wildman–Crippen LogP) is 3.72. The molecule has 2 rings (SSSR count). The van der Waals surface area contributed by atoms with E-state index in [-0.39, 0.29) is 37.8 Å². The van der Waals surface area contributed by atoms with E-state index in [1.54, 1.807) is 25.1 Å².